The van der Waals surface area contributed by atoms with Crippen molar-refractivity contribution in [2.45, 2.75) is 83.4 Å². The van der Waals surface area contributed by atoms with Crippen LogP contribution in [0.5, 0.6) is 0 Å². The van der Waals surface area contributed by atoms with Crippen LogP contribution in [0.25, 0.3) is 0 Å². The van der Waals surface area contributed by atoms with Crippen molar-refractivity contribution in [3.05, 3.63) is 71.8 Å². The third-order valence-corrected chi connectivity index (χ3v) is 7.03. The minimum Gasteiger partial charge on any atom is -0.418 e. The molecule has 0 aliphatic heterocycles. The van der Waals surface area contributed by atoms with E-state index in [1.165, 1.54) is 0 Å². The second-order valence-corrected chi connectivity index (χ2v) is 19.5. The predicted molar refractivity (Wildman–Crippen MR) is 138 cm³/mol. The van der Waals surface area contributed by atoms with Gasteiger partial charge in [0.25, 0.3) is 0 Å². The van der Waals surface area contributed by atoms with Gasteiger partial charge in [0.2, 0.25) is 0 Å². The fourth-order valence-corrected chi connectivity index (χ4v) is 5.22. The normalized spacial score (nSPS) is 15.6. The van der Waals surface area contributed by atoms with Crippen LogP contribution >= 0.6 is 0 Å². The highest BCUT2D eigenvalue weighted by atomic mass is 28.4. The number of halogens is 3. The zero-order valence-corrected chi connectivity index (χ0v) is 23.6. The van der Waals surface area contributed by atoms with Gasteiger partial charge < -0.3 is 18.3 Å². The van der Waals surface area contributed by atoms with Crippen LogP contribution in [0.2, 0.25) is 39.3 Å². The number of benzene rings is 2. The van der Waals surface area contributed by atoms with Gasteiger partial charge in [-0.05, 0) is 56.8 Å². The molecule has 0 bridgehead atoms. The van der Waals surface area contributed by atoms with E-state index in [1.54, 1.807) is 19.6 Å². The molecule has 3 atom stereocenters. The Balaban J connectivity index is 2.36. The van der Waals surface area contributed by atoms with Crippen molar-refractivity contribution in [2.75, 3.05) is 6.61 Å². The van der Waals surface area contributed by atoms with E-state index in [-0.39, 0.29) is 26.2 Å². The van der Waals surface area contributed by atoms with Crippen LogP contribution in [-0.2, 0) is 31.5 Å². The summed E-state index contributed by atoms with van der Waals surface area (Å²) in [7, 11) is -4.44. The molecule has 196 valence electrons. The highest BCUT2D eigenvalue weighted by Gasteiger charge is 2.51. The molecule has 9 heteroatoms. The van der Waals surface area contributed by atoms with Crippen molar-refractivity contribution in [1.82, 2.24) is 0 Å². The summed E-state index contributed by atoms with van der Waals surface area (Å²) >= 11 is 0. The average molecular weight is 529 g/mol. The third-order valence-electron chi connectivity index (χ3n) is 5.00. The van der Waals surface area contributed by atoms with Gasteiger partial charge in [-0.2, -0.15) is 13.2 Å². The van der Waals surface area contributed by atoms with Gasteiger partial charge in [-0.3, -0.25) is 0 Å². The standard InChI is InChI=1S/C26H39F3O4Si2/c1-34(2,3)32-18-17-23(30-19-21-13-9-7-10-14-21)24(31-20-22-15-11-8-12-16-22)25(26(27,28)29)33-35(4,5)6/h7-16,23-25H,17-20H2,1-6H3/t23-,24-,25+/m0/s1. The van der Waals surface area contributed by atoms with Gasteiger partial charge in [-0.1, -0.05) is 60.7 Å². The third kappa shape index (κ3) is 11.9. The molecule has 0 radical (unpaired) electrons. The highest BCUT2D eigenvalue weighted by Crippen LogP contribution is 2.33. The topological polar surface area (TPSA) is 36.9 Å². The lowest BCUT2D eigenvalue weighted by molar-refractivity contribution is -0.251. The lowest BCUT2D eigenvalue weighted by Gasteiger charge is -2.38. The van der Waals surface area contributed by atoms with Gasteiger partial charge in [-0.15, -0.1) is 0 Å². The van der Waals surface area contributed by atoms with Crippen LogP contribution in [0.15, 0.2) is 60.7 Å². The zero-order valence-electron chi connectivity index (χ0n) is 21.6. The van der Waals surface area contributed by atoms with Crippen LogP contribution in [-0.4, -0.2) is 47.7 Å². The molecule has 0 N–H and O–H groups in total. The van der Waals surface area contributed by atoms with Gasteiger partial charge >= 0.3 is 6.18 Å². The SMILES string of the molecule is C[Si](C)(C)OCC[C@H](OCc1ccccc1)[C@H](OCc1ccccc1)[C@@H](O[Si](C)(C)C)C(F)(F)F. The Morgan fingerprint density at radius 2 is 1.20 bits per heavy atom. The maximum Gasteiger partial charge on any atom is 0.416 e. The molecule has 0 saturated carbocycles. The largest absolute Gasteiger partial charge is 0.418 e. The Labute approximate surface area is 210 Å². The molecule has 0 saturated heterocycles. The average Bonchev–Trinajstić information content (AvgIpc) is 2.75. The summed E-state index contributed by atoms with van der Waals surface area (Å²) in [5, 5.41) is 0. The number of ether oxygens (including phenoxy) is 2. The molecule has 0 aliphatic rings. The molecule has 2 aromatic rings. The van der Waals surface area contributed by atoms with Gasteiger partial charge in [0.1, 0.15) is 6.10 Å². The molecule has 2 rings (SSSR count). The van der Waals surface area contributed by atoms with Crippen LogP contribution in [0.4, 0.5) is 13.2 Å². The molecule has 2 aromatic carbocycles. The highest BCUT2D eigenvalue weighted by molar-refractivity contribution is 6.70. The lowest BCUT2D eigenvalue weighted by atomic mass is 10.0. The molecule has 0 fully saturated rings. The first-order valence-electron chi connectivity index (χ1n) is 11.9. The van der Waals surface area contributed by atoms with Gasteiger partial charge in [-0.25, -0.2) is 0 Å². The second kappa shape index (κ2) is 13.2. The summed E-state index contributed by atoms with van der Waals surface area (Å²) < 4.78 is 67.0. The van der Waals surface area contributed by atoms with Crippen LogP contribution in [0.3, 0.4) is 0 Å². The Hall–Kier alpha value is -1.50. The van der Waals surface area contributed by atoms with Crippen LogP contribution in [0.1, 0.15) is 17.5 Å². The second-order valence-electron chi connectivity index (χ2n) is 10.5. The molecule has 35 heavy (non-hydrogen) atoms. The summed E-state index contributed by atoms with van der Waals surface area (Å²) in [5.74, 6) is 0. The maximum absolute atomic E-state index is 14.4. The maximum atomic E-state index is 14.4. The molecule has 4 nitrogen and oxygen atoms in total. The summed E-state index contributed by atoms with van der Waals surface area (Å²) in [5.41, 5.74) is 1.66. The molecule has 0 spiro atoms. The van der Waals surface area contributed by atoms with E-state index in [9.17, 15) is 13.2 Å². The van der Waals surface area contributed by atoms with Crippen LogP contribution < -0.4 is 0 Å². The zero-order chi connectivity index (χ0) is 26.1. The summed E-state index contributed by atoms with van der Waals surface area (Å²) in [6.07, 6.45) is -8.69. The molecular weight excluding hydrogens is 489 g/mol. The first-order chi connectivity index (χ1) is 16.2. The van der Waals surface area contributed by atoms with E-state index in [4.69, 9.17) is 18.3 Å². The number of hydrogen-bond acceptors (Lipinski definition) is 4. The van der Waals surface area contributed by atoms with Gasteiger partial charge in [0.05, 0.1) is 19.3 Å². The lowest BCUT2D eigenvalue weighted by Crippen LogP contribution is -2.54. The van der Waals surface area contributed by atoms with Gasteiger partial charge in [0, 0.05) is 6.61 Å². The first kappa shape index (κ1) is 29.7. The molecule has 0 amide bonds. The van der Waals surface area contributed by atoms with E-state index in [0.717, 1.165) is 11.1 Å². The van der Waals surface area contributed by atoms with Crippen LogP contribution in [0, 0.1) is 0 Å². The number of hydrogen-bond donors (Lipinski definition) is 0. The molecule has 0 heterocycles. The minimum atomic E-state index is -4.62. The summed E-state index contributed by atoms with van der Waals surface area (Å²) in [4.78, 5) is 0. The van der Waals surface area contributed by atoms with Crippen molar-refractivity contribution in [3.8, 4) is 0 Å². The van der Waals surface area contributed by atoms with Crippen molar-refractivity contribution in [1.29, 1.82) is 0 Å². The summed E-state index contributed by atoms with van der Waals surface area (Å²) in [6.45, 7) is 11.8. The monoisotopic (exact) mass is 528 g/mol. The minimum absolute atomic E-state index is 0.0211. The molecule has 0 aromatic heterocycles. The fraction of sp³-hybridized carbons (Fsp3) is 0.538. The fourth-order valence-electron chi connectivity index (χ4n) is 3.46. The van der Waals surface area contributed by atoms with E-state index in [2.05, 4.69) is 0 Å². The molecular formula is C26H39F3O4Si2. The van der Waals surface area contributed by atoms with E-state index >= 15 is 0 Å². The summed E-state index contributed by atoms with van der Waals surface area (Å²) in [6, 6.07) is 18.6. The number of alkyl halides is 3. The van der Waals surface area contributed by atoms with Crippen molar-refractivity contribution in [2.24, 2.45) is 0 Å². The van der Waals surface area contributed by atoms with Crippen molar-refractivity contribution >= 4 is 16.6 Å². The van der Waals surface area contributed by atoms with Gasteiger partial charge in [0.15, 0.2) is 22.7 Å². The molecule has 0 aliphatic carbocycles. The van der Waals surface area contributed by atoms with E-state index in [1.807, 2.05) is 80.3 Å². The quantitative estimate of drug-likeness (QED) is 0.243. The number of rotatable bonds is 14. The molecule has 0 unspecified atom stereocenters. The van der Waals surface area contributed by atoms with E-state index in [0.29, 0.717) is 0 Å². The Morgan fingerprint density at radius 3 is 1.63 bits per heavy atom. The Morgan fingerprint density at radius 1 is 0.714 bits per heavy atom. The Bertz CT molecular complexity index is 853. The predicted octanol–water partition coefficient (Wildman–Crippen LogP) is 7.18. The van der Waals surface area contributed by atoms with E-state index < -0.39 is 41.1 Å². The smallest absolute Gasteiger partial charge is 0.416 e. The van der Waals surface area contributed by atoms with Crippen molar-refractivity contribution in [3.63, 3.8) is 0 Å². The Kier molecular flexibility index (Phi) is 11.2. The first-order valence-corrected chi connectivity index (χ1v) is 18.8. The van der Waals surface area contributed by atoms with Crippen molar-refractivity contribution < 1.29 is 31.5 Å².